The molecule has 0 bridgehead atoms. The standard InChI is InChI=1S/C20H26N4O2S2/c1-14(25)16-10-5-6-11-17(16)22-18(26)12-7-13-27-20-24-23-19(28-20)21-15-8-3-2-4-9-15/h5-6,10-11,15H,2-4,7-9,12-13H2,1H3,(H,21,23)(H,22,26). The van der Waals surface area contributed by atoms with Crippen LogP contribution in [0.2, 0.25) is 0 Å². The number of carbonyl (C=O) groups excluding carboxylic acids is 2. The average Bonchev–Trinajstić information content (AvgIpc) is 3.13. The first kappa shape index (κ1) is 20.8. The van der Waals surface area contributed by atoms with Crippen molar-refractivity contribution in [3.63, 3.8) is 0 Å². The van der Waals surface area contributed by atoms with Crippen molar-refractivity contribution < 1.29 is 9.59 Å². The van der Waals surface area contributed by atoms with E-state index in [-0.39, 0.29) is 11.7 Å². The van der Waals surface area contributed by atoms with Gasteiger partial charge in [-0.05, 0) is 38.3 Å². The summed E-state index contributed by atoms with van der Waals surface area (Å²) in [6, 6.07) is 7.61. The van der Waals surface area contributed by atoms with Crippen LogP contribution in [-0.2, 0) is 4.79 Å². The number of aromatic nitrogens is 2. The molecule has 0 aliphatic heterocycles. The van der Waals surface area contributed by atoms with Crippen molar-refractivity contribution in [2.75, 3.05) is 16.4 Å². The molecule has 0 atom stereocenters. The van der Waals surface area contributed by atoms with Crippen molar-refractivity contribution in [1.29, 1.82) is 0 Å². The fourth-order valence-corrected chi connectivity index (χ4v) is 5.09. The Kier molecular flexibility index (Phi) is 7.85. The minimum atomic E-state index is -0.0776. The van der Waals surface area contributed by atoms with Gasteiger partial charge in [-0.25, -0.2) is 0 Å². The van der Waals surface area contributed by atoms with Crippen LogP contribution in [0.4, 0.5) is 10.8 Å². The Bertz CT molecular complexity index is 803. The van der Waals surface area contributed by atoms with Crippen LogP contribution >= 0.6 is 23.1 Å². The summed E-state index contributed by atoms with van der Waals surface area (Å²) in [6.07, 6.45) is 7.49. The number of carbonyl (C=O) groups is 2. The van der Waals surface area contributed by atoms with E-state index in [1.807, 2.05) is 6.07 Å². The second-order valence-electron chi connectivity index (χ2n) is 6.95. The number of hydrogen-bond donors (Lipinski definition) is 2. The van der Waals surface area contributed by atoms with Gasteiger partial charge < -0.3 is 10.6 Å². The summed E-state index contributed by atoms with van der Waals surface area (Å²) in [5.41, 5.74) is 1.12. The number of anilines is 2. The number of amides is 1. The summed E-state index contributed by atoms with van der Waals surface area (Å²) < 4.78 is 0.931. The minimum absolute atomic E-state index is 0.0552. The zero-order valence-corrected chi connectivity index (χ0v) is 17.7. The highest BCUT2D eigenvalue weighted by Crippen LogP contribution is 2.29. The molecular formula is C20H26N4O2S2. The molecule has 28 heavy (non-hydrogen) atoms. The highest BCUT2D eigenvalue weighted by Gasteiger charge is 2.15. The van der Waals surface area contributed by atoms with Gasteiger partial charge in [-0.15, -0.1) is 10.2 Å². The monoisotopic (exact) mass is 418 g/mol. The summed E-state index contributed by atoms with van der Waals surface area (Å²) in [7, 11) is 0. The number of rotatable bonds is 9. The van der Waals surface area contributed by atoms with E-state index in [9.17, 15) is 9.59 Å². The first-order chi connectivity index (χ1) is 13.6. The van der Waals surface area contributed by atoms with Crippen LogP contribution in [0.3, 0.4) is 0 Å². The van der Waals surface area contributed by atoms with Crippen molar-refractivity contribution in [3.05, 3.63) is 29.8 Å². The average molecular weight is 419 g/mol. The van der Waals surface area contributed by atoms with Crippen molar-refractivity contribution in [2.45, 2.75) is 62.3 Å². The molecule has 0 saturated heterocycles. The maximum absolute atomic E-state index is 12.2. The molecule has 2 N–H and O–H groups in total. The van der Waals surface area contributed by atoms with Crippen LogP contribution in [0, 0.1) is 0 Å². The lowest BCUT2D eigenvalue weighted by atomic mass is 9.96. The number of Topliss-reactive ketones (excluding diaryl/α,β-unsaturated/α-hetero) is 1. The molecule has 1 aliphatic carbocycles. The van der Waals surface area contributed by atoms with Gasteiger partial charge in [0, 0.05) is 23.8 Å². The van der Waals surface area contributed by atoms with Crippen molar-refractivity contribution in [2.24, 2.45) is 0 Å². The highest BCUT2D eigenvalue weighted by atomic mass is 32.2. The molecule has 150 valence electrons. The molecule has 1 heterocycles. The van der Waals surface area contributed by atoms with E-state index >= 15 is 0 Å². The largest absolute Gasteiger partial charge is 0.357 e. The van der Waals surface area contributed by atoms with Crippen LogP contribution in [-0.4, -0.2) is 33.7 Å². The molecule has 8 heteroatoms. The second kappa shape index (κ2) is 10.6. The predicted molar refractivity (Wildman–Crippen MR) is 115 cm³/mol. The van der Waals surface area contributed by atoms with E-state index in [1.165, 1.54) is 39.0 Å². The maximum Gasteiger partial charge on any atom is 0.224 e. The molecule has 2 aromatic rings. The van der Waals surface area contributed by atoms with Crippen molar-refractivity contribution >= 4 is 45.6 Å². The van der Waals surface area contributed by atoms with Crippen molar-refractivity contribution in [3.8, 4) is 0 Å². The SMILES string of the molecule is CC(=O)c1ccccc1NC(=O)CCCSc1nnc(NC2CCCCC2)s1. The van der Waals surface area contributed by atoms with E-state index in [2.05, 4.69) is 20.8 Å². The lowest BCUT2D eigenvalue weighted by molar-refractivity contribution is -0.116. The second-order valence-corrected chi connectivity index (χ2v) is 9.27. The molecule has 6 nitrogen and oxygen atoms in total. The number of ketones is 1. The van der Waals surface area contributed by atoms with Gasteiger partial charge in [0.15, 0.2) is 10.1 Å². The fraction of sp³-hybridized carbons (Fsp3) is 0.500. The highest BCUT2D eigenvalue weighted by molar-refractivity contribution is 8.01. The number of thioether (sulfide) groups is 1. The summed E-state index contributed by atoms with van der Waals surface area (Å²) in [6.45, 7) is 1.50. The summed E-state index contributed by atoms with van der Waals surface area (Å²) in [4.78, 5) is 23.8. The van der Waals surface area contributed by atoms with E-state index in [0.717, 1.165) is 21.6 Å². The zero-order valence-electron chi connectivity index (χ0n) is 16.1. The fourth-order valence-electron chi connectivity index (χ4n) is 3.25. The summed E-state index contributed by atoms with van der Waals surface area (Å²) >= 11 is 3.22. The number of nitrogens with one attached hydrogen (secondary N) is 2. The van der Waals surface area contributed by atoms with Crippen molar-refractivity contribution in [1.82, 2.24) is 10.2 Å². The molecular weight excluding hydrogens is 392 g/mol. The summed E-state index contributed by atoms with van der Waals surface area (Å²) in [5.74, 6) is 0.673. The Morgan fingerprint density at radius 3 is 2.75 bits per heavy atom. The maximum atomic E-state index is 12.2. The van der Waals surface area contributed by atoms with Crippen LogP contribution in [0.25, 0.3) is 0 Å². The molecule has 0 spiro atoms. The first-order valence-electron chi connectivity index (χ1n) is 9.74. The number of nitrogens with zero attached hydrogens (tertiary/aromatic N) is 2. The van der Waals surface area contributed by atoms with Gasteiger partial charge in [-0.1, -0.05) is 54.5 Å². The number of para-hydroxylation sites is 1. The van der Waals surface area contributed by atoms with E-state index in [1.54, 1.807) is 41.3 Å². The molecule has 1 amide bonds. The molecule has 1 saturated carbocycles. The first-order valence-corrected chi connectivity index (χ1v) is 11.5. The topological polar surface area (TPSA) is 84.0 Å². The van der Waals surface area contributed by atoms with E-state index in [0.29, 0.717) is 23.7 Å². The van der Waals surface area contributed by atoms with Gasteiger partial charge in [-0.3, -0.25) is 9.59 Å². The van der Waals surface area contributed by atoms with Gasteiger partial charge in [0.05, 0.1) is 5.69 Å². The minimum Gasteiger partial charge on any atom is -0.357 e. The summed E-state index contributed by atoms with van der Waals surface area (Å²) in [5, 5.41) is 15.7. The van der Waals surface area contributed by atoms with Crippen LogP contribution in [0.1, 0.15) is 62.2 Å². The molecule has 0 radical (unpaired) electrons. The molecule has 1 aromatic heterocycles. The lowest BCUT2D eigenvalue weighted by Gasteiger charge is -2.21. The number of benzene rings is 1. The molecule has 1 aromatic carbocycles. The molecule has 3 rings (SSSR count). The Labute approximate surface area is 173 Å². The Morgan fingerprint density at radius 2 is 1.96 bits per heavy atom. The Balaban J connectivity index is 1.37. The van der Waals surface area contributed by atoms with E-state index < -0.39 is 0 Å². The van der Waals surface area contributed by atoms with Gasteiger partial charge in [0.25, 0.3) is 0 Å². The van der Waals surface area contributed by atoms with Gasteiger partial charge in [0.1, 0.15) is 0 Å². The third kappa shape index (κ3) is 6.31. The number of hydrogen-bond acceptors (Lipinski definition) is 7. The third-order valence-corrected chi connectivity index (χ3v) is 6.77. The van der Waals surface area contributed by atoms with Gasteiger partial charge in [-0.2, -0.15) is 0 Å². The van der Waals surface area contributed by atoms with Gasteiger partial charge in [0.2, 0.25) is 11.0 Å². The van der Waals surface area contributed by atoms with Crippen LogP contribution < -0.4 is 10.6 Å². The Morgan fingerprint density at radius 1 is 1.18 bits per heavy atom. The zero-order chi connectivity index (χ0) is 19.8. The molecule has 1 fully saturated rings. The molecule has 1 aliphatic rings. The predicted octanol–water partition coefficient (Wildman–Crippen LogP) is 5.00. The normalized spacial score (nSPS) is 14.6. The van der Waals surface area contributed by atoms with Crippen LogP contribution in [0.15, 0.2) is 28.6 Å². The molecule has 0 unspecified atom stereocenters. The van der Waals surface area contributed by atoms with Crippen LogP contribution in [0.5, 0.6) is 0 Å². The Hall–Kier alpha value is -1.93. The third-order valence-electron chi connectivity index (χ3n) is 4.69. The quantitative estimate of drug-likeness (QED) is 0.339. The lowest BCUT2D eigenvalue weighted by Crippen LogP contribution is -2.21. The van der Waals surface area contributed by atoms with Gasteiger partial charge >= 0.3 is 0 Å². The van der Waals surface area contributed by atoms with E-state index in [4.69, 9.17) is 0 Å². The smallest absolute Gasteiger partial charge is 0.224 e.